The standard InChI is InChI=1S/C26H25ClN4O3S2/c27-22-9-7-10-23-24(22)29-26(35-23)31(18-20-8-3-4-15-28-20)25(32)19-11-13-21(14-12-19)36(33,34)30-16-5-1-2-6-17-30/h3-4,7-15H,1-2,5-6,16-18H2. The summed E-state index contributed by atoms with van der Waals surface area (Å²) in [6, 6.07) is 17.2. The number of hydrogen-bond acceptors (Lipinski definition) is 6. The number of amides is 1. The minimum Gasteiger partial charge on any atom is -0.278 e. The Kier molecular flexibility index (Phi) is 7.34. The maximum absolute atomic E-state index is 13.7. The Morgan fingerprint density at radius 2 is 1.72 bits per heavy atom. The molecule has 36 heavy (non-hydrogen) atoms. The van der Waals surface area contributed by atoms with Crippen molar-refractivity contribution in [3.05, 3.63) is 83.1 Å². The van der Waals surface area contributed by atoms with Crippen LogP contribution in [0.25, 0.3) is 10.2 Å². The lowest BCUT2D eigenvalue weighted by atomic mass is 10.2. The molecule has 0 atom stereocenters. The Bertz CT molecular complexity index is 1470. The Balaban J connectivity index is 1.46. The zero-order valence-electron chi connectivity index (χ0n) is 19.5. The first kappa shape index (κ1) is 24.8. The SMILES string of the molecule is O=C(c1ccc(S(=O)(=O)N2CCCCCC2)cc1)N(Cc1ccccn1)c1nc2c(Cl)cccc2s1. The largest absolute Gasteiger partial charge is 0.278 e. The van der Waals surface area contributed by atoms with Gasteiger partial charge < -0.3 is 0 Å². The highest BCUT2D eigenvalue weighted by Crippen LogP contribution is 2.34. The molecule has 1 aliphatic heterocycles. The minimum atomic E-state index is -3.60. The summed E-state index contributed by atoms with van der Waals surface area (Å²) in [6.45, 7) is 1.27. The molecule has 1 saturated heterocycles. The van der Waals surface area contributed by atoms with Crippen LogP contribution in [0.1, 0.15) is 41.7 Å². The number of benzene rings is 2. The van der Waals surface area contributed by atoms with E-state index in [4.69, 9.17) is 11.6 Å². The highest BCUT2D eigenvalue weighted by molar-refractivity contribution is 7.89. The number of anilines is 1. The van der Waals surface area contributed by atoms with Gasteiger partial charge in [-0.05, 0) is 61.4 Å². The van der Waals surface area contributed by atoms with E-state index in [1.807, 2.05) is 30.3 Å². The molecule has 4 aromatic rings. The summed E-state index contributed by atoms with van der Waals surface area (Å²) >= 11 is 7.70. The molecule has 3 heterocycles. The molecule has 7 nitrogen and oxygen atoms in total. The summed E-state index contributed by atoms with van der Waals surface area (Å²) in [6.07, 6.45) is 5.50. The summed E-state index contributed by atoms with van der Waals surface area (Å²) in [5, 5.41) is 1.01. The van der Waals surface area contributed by atoms with Crippen molar-refractivity contribution in [3.8, 4) is 0 Å². The zero-order valence-corrected chi connectivity index (χ0v) is 21.9. The van der Waals surface area contributed by atoms with Gasteiger partial charge in [-0.1, -0.05) is 47.9 Å². The van der Waals surface area contributed by atoms with E-state index >= 15 is 0 Å². The fourth-order valence-electron chi connectivity index (χ4n) is 4.26. The van der Waals surface area contributed by atoms with Crippen molar-refractivity contribution in [2.24, 2.45) is 0 Å². The fourth-order valence-corrected chi connectivity index (χ4v) is 7.04. The van der Waals surface area contributed by atoms with Crippen molar-refractivity contribution >= 4 is 54.2 Å². The number of nitrogens with zero attached hydrogens (tertiary/aromatic N) is 4. The number of fused-ring (bicyclic) bond motifs is 1. The van der Waals surface area contributed by atoms with Crippen LogP contribution in [0.5, 0.6) is 0 Å². The topological polar surface area (TPSA) is 83.5 Å². The maximum atomic E-state index is 13.7. The summed E-state index contributed by atoms with van der Waals surface area (Å²) in [7, 11) is -3.60. The van der Waals surface area contributed by atoms with Gasteiger partial charge in [-0.15, -0.1) is 0 Å². The number of sulfonamides is 1. The number of rotatable bonds is 6. The quantitative estimate of drug-likeness (QED) is 0.310. The van der Waals surface area contributed by atoms with E-state index in [-0.39, 0.29) is 17.3 Å². The molecule has 10 heteroatoms. The van der Waals surface area contributed by atoms with Gasteiger partial charge in [0.2, 0.25) is 10.0 Å². The molecule has 0 saturated carbocycles. The van der Waals surface area contributed by atoms with Gasteiger partial charge in [0.15, 0.2) is 5.13 Å². The third-order valence-electron chi connectivity index (χ3n) is 6.18. The molecule has 0 aliphatic carbocycles. The van der Waals surface area contributed by atoms with Crippen LogP contribution in [0.4, 0.5) is 5.13 Å². The lowest BCUT2D eigenvalue weighted by Gasteiger charge is -2.21. The van der Waals surface area contributed by atoms with Crippen LogP contribution in [0.2, 0.25) is 5.02 Å². The van der Waals surface area contributed by atoms with Gasteiger partial charge in [0.25, 0.3) is 5.91 Å². The van der Waals surface area contributed by atoms with Crippen LogP contribution in [-0.2, 0) is 16.6 Å². The molecule has 1 fully saturated rings. The molecule has 186 valence electrons. The molecular weight excluding hydrogens is 516 g/mol. The van der Waals surface area contributed by atoms with E-state index in [0.717, 1.165) is 30.4 Å². The second kappa shape index (κ2) is 10.6. The number of carbonyl (C=O) groups excluding carboxylic acids is 1. The third kappa shape index (κ3) is 5.15. The van der Waals surface area contributed by atoms with Crippen molar-refractivity contribution in [2.75, 3.05) is 18.0 Å². The summed E-state index contributed by atoms with van der Waals surface area (Å²) in [5.74, 6) is -0.297. The Labute approximate surface area is 219 Å². The van der Waals surface area contributed by atoms with Crippen molar-refractivity contribution < 1.29 is 13.2 Å². The van der Waals surface area contributed by atoms with Crippen LogP contribution in [0.15, 0.2) is 71.8 Å². The zero-order chi connectivity index (χ0) is 25.1. The van der Waals surface area contributed by atoms with E-state index in [2.05, 4.69) is 9.97 Å². The van der Waals surface area contributed by atoms with Crippen LogP contribution in [0, 0.1) is 0 Å². The molecule has 0 radical (unpaired) electrons. The molecule has 0 bridgehead atoms. The van der Waals surface area contributed by atoms with Crippen molar-refractivity contribution in [1.29, 1.82) is 0 Å². The van der Waals surface area contributed by atoms with E-state index in [9.17, 15) is 13.2 Å². The highest BCUT2D eigenvalue weighted by atomic mass is 35.5. The van der Waals surface area contributed by atoms with E-state index in [1.165, 1.54) is 23.5 Å². The molecule has 1 amide bonds. The molecule has 1 aliphatic rings. The summed E-state index contributed by atoms with van der Waals surface area (Å²) in [5.41, 5.74) is 1.71. The predicted octanol–water partition coefficient (Wildman–Crippen LogP) is 5.76. The fraction of sp³-hybridized carbons (Fsp3) is 0.269. The van der Waals surface area contributed by atoms with E-state index in [0.29, 0.717) is 40.0 Å². The van der Waals surface area contributed by atoms with Crippen molar-refractivity contribution in [1.82, 2.24) is 14.3 Å². The van der Waals surface area contributed by atoms with E-state index < -0.39 is 10.0 Å². The predicted molar refractivity (Wildman–Crippen MR) is 143 cm³/mol. The average molecular weight is 541 g/mol. The molecular formula is C26H25ClN4O3S2. The average Bonchev–Trinajstić information content (AvgIpc) is 3.14. The van der Waals surface area contributed by atoms with Crippen LogP contribution < -0.4 is 4.90 Å². The van der Waals surface area contributed by atoms with Crippen LogP contribution in [0.3, 0.4) is 0 Å². The second-order valence-corrected chi connectivity index (χ2v) is 12.0. The number of para-hydroxylation sites is 1. The number of carbonyl (C=O) groups is 1. The van der Waals surface area contributed by atoms with Gasteiger partial charge in [-0.2, -0.15) is 4.31 Å². The van der Waals surface area contributed by atoms with Gasteiger partial charge in [0, 0.05) is 24.8 Å². The number of pyridine rings is 1. The Morgan fingerprint density at radius 1 is 0.972 bits per heavy atom. The molecule has 5 rings (SSSR count). The van der Waals surface area contributed by atoms with Crippen LogP contribution >= 0.6 is 22.9 Å². The minimum absolute atomic E-state index is 0.198. The van der Waals surface area contributed by atoms with Gasteiger partial charge in [-0.25, -0.2) is 13.4 Å². The van der Waals surface area contributed by atoms with Gasteiger partial charge >= 0.3 is 0 Å². The van der Waals surface area contributed by atoms with Gasteiger partial charge in [0.05, 0.1) is 26.9 Å². The monoisotopic (exact) mass is 540 g/mol. The lowest BCUT2D eigenvalue weighted by molar-refractivity contribution is 0.0984. The first-order valence-electron chi connectivity index (χ1n) is 11.8. The summed E-state index contributed by atoms with van der Waals surface area (Å²) < 4.78 is 28.7. The first-order valence-corrected chi connectivity index (χ1v) is 14.4. The summed E-state index contributed by atoms with van der Waals surface area (Å²) in [4.78, 5) is 24.5. The Morgan fingerprint density at radius 3 is 2.39 bits per heavy atom. The first-order chi connectivity index (χ1) is 17.4. The highest BCUT2D eigenvalue weighted by Gasteiger charge is 2.27. The molecule has 0 N–H and O–H groups in total. The van der Waals surface area contributed by atoms with Gasteiger partial charge in [-0.3, -0.25) is 14.7 Å². The second-order valence-electron chi connectivity index (χ2n) is 8.64. The van der Waals surface area contributed by atoms with Crippen LogP contribution in [-0.4, -0.2) is 41.7 Å². The third-order valence-corrected chi connectivity index (χ3v) is 9.45. The molecule has 2 aromatic carbocycles. The number of hydrogen-bond donors (Lipinski definition) is 0. The molecule has 0 spiro atoms. The van der Waals surface area contributed by atoms with Gasteiger partial charge in [0.1, 0.15) is 5.52 Å². The number of halogens is 1. The normalized spacial score (nSPS) is 15.0. The molecule has 0 unspecified atom stereocenters. The molecule has 2 aromatic heterocycles. The number of thiazole rings is 1. The van der Waals surface area contributed by atoms with E-state index in [1.54, 1.807) is 33.6 Å². The smallest absolute Gasteiger partial charge is 0.260 e. The van der Waals surface area contributed by atoms with Crippen molar-refractivity contribution in [3.63, 3.8) is 0 Å². The Hall–Kier alpha value is -2.85. The lowest BCUT2D eigenvalue weighted by Crippen LogP contribution is -2.32. The maximum Gasteiger partial charge on any atom is 0.260 e. The van der Waals surface area contributed by atoms with Crippen molar-refractivity contribution in [2.45, 2.75) is 37.1 Å². The number of aromatic nitrogens is 2.